The topological polar surface area (TPSA) is 42.0 Å². The summed E-state index contributed by atoms with van der Waals surface area (Å²) < 4.78 is 13.5. The summed E-state index contributed by atoms with van der Waals surface area (Å²) in [7, 11) is 1.62. The second kappa shape index (κ2) is 6.16. The molecule has 3 aromatic rings. The van der Waals surface area contributed by atoms with Crippen LogP contribution in [-0.2, 0) is 11.2 Å². The minimum absolute atomic E-state index is 0.0619. The second-order valence-electron chi connectivity index (χ2n) is 5.50. The summed E-state index contributed by atoms with van der Waals surface area (Å²) in [5, 5.41) is 3.64. The Morgan fingerprint density at radius 3 is 2.70 bits per heavy atom. The smallest absolute Gasteiger partial charge is 0.224 e. The molecule has 0 saturated carbocycles. The molecule has 1 N–H and O–H groups in total. The Bertz CT molecular complexity index is 890. The summed E-state index contributed by atoms with van der Waals surface area (Å²) in [6, 6.07) is 14.1. The van der Waals surface area contributed by atoms with E-state index in [1.807, 2.05) is 37.3 Å². The van der Waals surface area contributed by atoms with E-state index in [0.29, 0.717) is 5.69 Å². The van der Waals surface area contributed by atoms with Crippen LogP contribution in [0, 0.1) is 12.7 Å². The Balaban J connectivity index is 2.19. The zero-order valence-corrected chi connectivity index (χ0v) is 13.1. The van der Waals surface area contributed by atoms with Crippen LogP contribution in [0.5, 0.6) is 0 Å². The van der Waals surface area contributed by atoms with E-state index in [0.717, 1.165) is 27.6 Å². The van der Waals surface area contributed by atoms with Crippen LogP contribution in [0.3, 0.4) is 0 Å². The van der Waals surface area contributed by atoms with Gasteiger partial charge in [0.15, 0.2) is 0 Å². The fourth-order valence-corrected chi connectivity index (χ4v) is 2.68. The molecular weight excluding hydrogens is 291 g/mol. The van der Waals surface area contributed by atoms with E-state index in [9.17, 15) is 9.18 Å². The Morgan fingerprint density at radius 1 is 1.17 bits per heavy atom. The van der Waals surface area contributed by atoms with Gasteiger partial charge in [-0.3, -0.25) is 4.79 Å². The predicted molar refractivity (Wildman–Crippen MR) is 89.6 cm³/mol. The SMILES string of the molecule is CNC(=O)Cc1cccc2c(C)cc(-c3cccc(F)c3)nc12. The van der Waals surface area contributed by atoms with E-state index in [4.69, 9.17) is 0 Å². The van der Waals surface area contributed by atoms with Crippen molar-refractivity contribution in [1.29, 1.82) is 0 Å². The molecule has 23 heavy (non-hydrogen) atoms. The fraction of sp³-hybridized carbons (Fsp3) is 0.158. The van der Waals surface area contributed by atoms with E-state index in [-0.39, 0.29) is 18.1 Å². The third-order valence-electron chi connectivity index (χ3n) is 3.88. The van der Waals surface area contributed by atoms with Crippen molar-refractivity contribution in [3.05, 3.63) is 65.5 Å². The molecule has 1 amide bonds. The van der Waals surface area contributed by atoms with Crippen molar-refractivity contribution in [3.63, 3.8) is 0 Å². The van der Waals surface area contributed by atoms with E-state index in [1.54, 1.807) is 13.1 Å². The van der Waals surface area contributed by atoms with Crippen LogP contribution in [0.25, 0.3) is 22.2 Å². The monoisotopic (exact) mass is 308 g/mol. The van der Waals surface area contributed by atoms with Crippen LogP contribution >= 0.6 is 0 Å². The number of amides is 1. The summed E-state index contributed by atoms with van der Waals surface area (Å²) >= 11 is 0. The molecule has 3 nitrogen and oxygen atoms in total. The van der Waals surface area contributed by atoms with Gasteiger partial charge < -0.3 is 5.32 Å². The lowest BCUT2D eigenvalue weighted by Crippen LogP contribution is -2.20. The van der Waals surface area contributed by atoms with Crippen molar-refractivity contribution in [2.24, 2.45) is 0 Å². The molecular formula is C19H17FN2O. The zero-order chi connectivity index (χ0) is 16.4. The number of pyridine rings is 1. The lowest BCUT2D eigenvalue weighted by Gasteiger charge is -2.10. The number of likely N-dealkylation sites (N-methyl/N-ethyl adjacent to an activating group) is 1. The summed E-state index contributed by atoms with van der Waals surface area (Å²) in [5.41, 5.74) is 4.13. The molecule has 0 aliphatic heterocycles. The maximum absolute atomic E-state index is 13.5. The average Bonchev–Trinajstić information content (AvgIpc) is 2.55. The van der Waals surface area contributed by atoms with Crippen molar-refractivity contribution < 1.29 is 9.18 Å². The van der Waals surface area contributed by atoms with Crippen LogP contribution < -0.4 is 5.32 Å². The zero-order valence-electron chi connectivity index (χ0n) is 13.1. The van der Waals surface area contributed by atoms with Gasteiger partial charge in [0.2, 0.25) is 5.91 Å². The van der Waals surface area contributed by atoms with Crippen molar-refractivity contribution in [1.82, 2.24) is 10.3 Å². The number of halogens is 1. The number of rotatable bonds is 3. The van der Waals surface area contributed by atoms with Crippen LogP contribution in [0.1, 0.15) is 11.1 Å². The summed E-state index contributed by atoms with van der Waals surface area (Å²) in [4.78, 5) is 16.4. The van der Waals surface area contributed by atoms with Gasteiger partial charge in [-0.05, 0) is 36.2 Å². The highest BCUT2D eigenvalue weighted by atomic mass is 19.1. The number of fused-ring (bicyclic) bond motifs is 1. The van der Waals surface area contributed by atoms with Crippen LogP contribution in [-0.4, -0.2) is 17.9 Å². The van der Waals surface area contributed by atoms with Crippen LogP contribution in [0.4, 0.5) is 4.39 Å². The number of hydrogen-bond donors (Lipinski definition) is 1. The molecule has 0 bridgehead atoms. The highest BCUT2D eigenvalue weighted by Gasteiger charge is 2.11. The van der Waals surface area contributed by atoms with Gasteiger partial charge >= 0.3 is 0 Å². The van der Waals surface area contributed by atoms with Gasteiger partial charge in [0.25, 0.3) is 0 Å². The number of benzene rings is 2. The number of para-hydroxylation sites is 1. The Labute approximate surface area is 134 Å². The number of aromatic nitrogens is 1. The highest BCUT2D eigenvalue weighted by Crippen LogP contribution is 2.27. The number of nitrogens with one attached hydrogen (secondary N) is 1. The maximum atomic E-state index is 13.5. The molecule has 4 heteroatoms. The molecule has 0 spiro atoms. The molecule has 0 unspecified atom stereocenters. The highest BCUT2D eigenvalue weighted by molar-refractivity contribution is 5.91. The van der Waals surface area contributed by atoms with Gasteiger partial charge in [-0.25, -0.2) is 9.37 Å². The standard InChI is InChI=1S/C19H17FN2O/c1-12-9-17(13-5-3-7-15(20)10-13)22-19-14(11-18(23)21-2)6-4-8-16(12)19/h3-10H,11H2,1-2H3,(H,21,23). The predicted octanol–water partition coefficient (Wildman–Crippen LogP) is 3.64. The first-order chi connectivity index (χ1) is 11.1. The largest absolute Gasteiger partial charge is 0.359 e. The first kappa shape index (κ1) is 15.2. The number of nitrogens with zero attached hydrogens (tertiary/aromatic N) is 1. The molecule has 0 fully saturated rings. The van der Waals surface area contributed by atoms with E-state index in [2.05, 4.69) is 10.3 Å². The van der Waals surface area contributed by atoms with Gasteiger partial charge in [-0.15, -0.1) is 0 Å². The summed E-state index contributed by atoms with van der Waals surface area (Å²) in [5.74, 6) is -0.353. The van der Waals surface area contributed by atoms with Crippen LogP contribution in [0.15, 0.2) is 48.5 Å². The molecule has 3 rings (SSSR count). The summed E-state index contributed by atoms with van der Waals surface area (Å²) in [6.07, 6.45) is 0.271. The Hall–Kier alpha value is -2.75. The van der Waals surface area contributed by atoms with Gasteiger partial charge in [0, 0.05) is 18.0 Å². The average molecular weight is 308 g/mol. The quantitative estimate of drug-likeness (QED) is 0.802. The third-order valence-corrected chi connectivity index (χ3v) is 3.88. The normalized spacial score (nSPS) is 10.7. The molecule has 0 aliphatic carbocycles. The van der Waals surface area contributed by atoms with Crippen LogP contribution in [0.2, 0.25) is 0 Å². The van der Waals surface area contributed by atoms with Crippen molar-refractivity contribution >= 4 is 16.8 Å². The van der Waals surface area contributed by atoms with E-state index in [1.165, 1.54) is 12.1 Å². The molecule has 0 atom stereocenters. The maximum Gasteiger partial charge on any atom is 0.224 e. The number of aryl methyl sites for hydroxylation is 1. The lowest BCUT2D eigenvalue weighted by molar-refractivity contribution is -0.119. The summed E-state index contributed by atoms with van der Waals surface area (Å²) in [6.45, 7) is 2.00. The van der Waals surface area contributed by atoms with Crippen molar-refractivity contribution in [2.75, 3.05) is 7.05 Å². The Kier molecular flexibility index (Phi) is 4.06. The van der Waals surface area contributed by atoms with Gasteiger partial charge in [0.05, 0.1) is 17.6 Å². The van der Waals surface area contributed by atoms with E-state index >= 15 is 0 Å². The first-order valence-electron chi connectivity index (χ1n) is 7.44. The molecule has 2 aromatic carbocycles. The van der Waals surface area contributed by atoms with Crippen molar-refractivity contribution in [2.45, 2.75) is 13.3 Å². The molecule has 116 valence electrons. The molecule has 1 heterocycles. The Morgan fingerprint density at radius 2 is 1.96 bits per heavy atom. The molecule has 0 saturated heterocycles. The van der Waals surface area contributed by atoms with Gasteiger partial charge in [0.1, 0.15) is 5.82 Å². The van der Waals surface area contributed by atoms with Gasteiger partial charge in [-0.1, -0.05) is 30.3 Å². The molecule has 1 aromatic heterocycles. The van der Waals surface area contributed by atoms with Gasteiger partial charge in [-0.2, -0.15) is 0 Å². The number of carbonyl (C=O) groups is 1. The van der Waals surface area contributed by atoms with Crippen molar-refractivity contribution in [3.8, 4) is 11.3 Å². The first-order valence-corrected chi connectivity index (χ1v) is 7.44. The second-order valence-corrected chi connectivity index (χ2v) is 5.50. The van der Waals surface area contributed by atoms with E-state index < -0.39 is 0 Å². The minimum Gasteiger partial charge on any atom is -0.359 e. The third kappa shape index (κ3) is 3.06. The fourth-order valence-electron chi connectivity index (χ4n) is 2.68. The molecule has 0 aliphatic rings. The number of hydrogen-bond acceptors (Lipinski definition) is 2. The number of carbonyl (C=O) groups excluding carboxylic acids is 1. The minimum atomic E-state index is -0.291. The lowest BCUT2D eigenvalue weighted by atomic mass is 10.0. The molecule has 0 radical (unpaired) electrons.